The number of aryl methyl sites for hydroxylation is 1. The first-order chi connectivity index (χ1) is 17.9. The molecule has 192 valence electrons. The number of hydrazone groups is 1. The maximum atomic E-state index is 13.7. The Balaban J connectivity index is 1.50. The summed E-state index contributed by atoms with van der Waals surface area (Å²) in [6.45, 7) is 1.62. The quantitative estimate of drug-likeness (QED) is 0.207. The molecule has 9 nitrogen and oxygen atoms in total. The van der Waals surface area contributed by atoms with Crippen molar-refractivity contribution < 1.29 is 28.2 Å². The van der Waals surface area contributed by atoms with Gasteiger partial charge in [0.15, 0.2) is 18.1 Å². The van der Waals surface area contributed by atoms with Crippen molar-refractivity contribution >= 4 is 35.3 Å². The molecular formula is C27H27FN4O5. The predicted molar refractivity (Wildman–Crippen MR) is 138 cm³/mol. The van der Waals surface area contributed by atoms with Crippen LogP contribution in [0.2, 0.25) is 0 Å². The maximum absolute atomic E-state index is 13.7. The molecule has 0 saturated carbocycles. The standard InChI is InChI=1S/C27H27FN4O5/c1-3-19-8-4-6-10-21(19)30-25(33)15-26(34)32-29-16-18-12-13-23(24(14-18)36-2)37-17-27(35)31-22-11-7-5-9-20(22)28/h4-14,16H,3,15,17H2,1-2H3,(H,30,33)(H,31,35)(H,32,34). The molecule has 0 saturated heterocycles. The van der Waals surface area contributed by atoms with E-state index in [4.69, 9.17) is 9.47 Å². The zero-order chi connectivity index (χ0) is 26.6. The van der Waals surface area contributed by atoms with Crippen LogP contribution >= 0.6 is 0 Å². The van der Waals surface area contributed by atoms with Crippen molar-refractivity contribution in [3.8, 4) is 11.5 Å². The molecule has 0 aliphatic carbocycles. The average Bonchev–Trinajstić information content (AvgIpc) is 2.89. The Morgan fingerprint density at radius 3 is 2.32 bits per heavy atom. The summed E-state index contributed by atoms with van der Waals surface area (Å²) >= 11 is 0. The molecule has 3 aromatic carbocycles. The van der Waals surface area contributed by atoms with Gasteiger partial charge in [0.05, 0.1) is 19.0 Å². The topological polar surface area (TPSA) is 118 Å². The van der Waals surface area contributed by atoms with Crippen molar-refractivity contribution in [3.05, 3.63) is 83.7 Å². The van der Waals surface area contributed by atoms with E-state index in [-0.39, 0.29) is 24.5 Å². The summed E-state index contributed by atoms with van der Waals surface area (Å²) in [4.78, 5) is 36.3. The monoisotopic (exact) mass is 506 g/mol. The number of para-hydroxylation sites is 2. The van der Waals surface area contributed by atoms with Gasteiger partial charge in [-0.3, -0.25) is 14.4 Å². The number of hydrogen-bond donors (Lipinski definition) is 3. The predicted octanol–water partition coefficient (Wildman–Crippen LogP) is 3.89. The Bertz CT molecular complexity index is 1300. The molecule has 0 fully saturated rings. The average molecular weight is 507 g/mol. The number of benzene rings is 3. The molecule has 0 bridgehead atoms. The summed E-state index contributed by atoms with van der Waals surface area (Å²) in [5.74, 6) is -1.50. The summed E-state index contributed by atoms with van der Waals surface area (Å²) in [5, 5.41) is 9.03. The zero-order valence-electron chi connectivity index (χ0n) is 20.4. The fourth-order valence-electron chi connectivity index (χ4n) is 3.29. The van der Waals surface area contributed by atoms with Crippen LogP contribution in [0, 0.1) is 5.82 Å². The van der Waals surface area contributed by atoms with E-state index < -0.39 is 23.5 Å². The van der Waals surface area contributed by atoms with E-state index in [1.807, 2.05) is 25.1 Å². The van der Waals surface area contributed by atoms with Gasteiger partial charge in [-0.2, -0.15) is 5.10 Å². The third-order valence-electron chi connectivity index (χ3n) is 5.09. The van der Waals surface area contributed by atoms with E-state index in [0.29, 0.717) is 17.0 Å². The fourth-order valence-corrected chi connectivity index (χ4v) is 3.29. The van der Waals surface area contributed by atoms with Gasteiger partial charge in [-0.25, -0.2) is 9.82 Å². The van der Waals surface area contributed by atoms with Crippen LogP contribution in [0.1, 0.15) is 24.5 Å². The van der Waals surface area contributed by atoms with Crippen LogP contribution in [0.15, 0.2) is 71.8 Å². The first-order valence-electron chi connectivity index (χ1n) is 11.4. The Labute approximate surface area is 213 Å². The van der Waals surface area contributed by atoms with Crippen molar-refractivity contribution in [2.75, 3.05) is 24.4 Å². The van der Waals surface area contributed by atoms with Gasteiger partial charge < -0.3 is 20.1 Å². The Morgan fingerprint density at radius 2 is 1.59 bits per heavy atom. The minimum absolute atomic E-state index is 0.0555. The molecule has 0 unspecified atom stereocenters. The molecule has 3 rings (SSSR count). The van der Waals surface area contributed by atoms with Gasteiger partial charge >= 0.3 is 0 Å². The lowest BCUT2D eigenvalue weighted by Crippen LogP contribution is -2.25. The summed E-state index contributed by atoms with van der Waals surface area (Å²) < 4.78 is 24.5. The summed E-state index contributed by atoms with van der Waals surface area (Å²) in [7, 11) is 1.43. The molecule has 0 spiro atoms. The van der Waals surface area contributed by atoms with Crippen LogP contribution in [0.5, 0.6) is 11.5 Å². The number of rotatable bonds is 11. The van der Waals surface area contributed by atoms with E-state index >= 15 is 0 Å². The molecule has 0 radical (unpaired) electrons. The normalized spacial score (nSPS) is 10.6. The largest absolute Gasteiger partial charge is 0.493 e. The summed E-state index contributed by atoms with van der Waals surface area (Å²) in [5.41, 5.74) is 4.58. The van der Waals surface area contributed by atoms with Crippen molar-refractivity contribution in [1.29, 1.82) is 0 Å². The smallest absolute Gasteiger partial charge is 0.262 e. The first-order valence-corrected chi connectivity index (χ1v) is 11.4. The number of amides is 3. The van der Waals surface area contributed by atoms with Crippen LogP contribution in [-0.4, -0.2) is 37.7 Å². The highest BCUT2D eigenvalue weighted by Crippen LogP contribution is 2.27. The fraction of sp³-hybridized carbons (Fsp3) is 0.185. The SMILES string of the molecule is CCc1ccccc1NC(=O)CC(=O)NN=Cc1ccc(OCC(=O)Nc2ccccc2F)c(OC)c1. The molecule has 0 aliphatic heterocycles. The van der Waals surface area contributed by atoms with Gasteiger partial charge in [0, 0.05) is 5.69 Å². The molecule has 3 amide bonds. The number of nitrogens with zero attached hydrogens (tertiary/aromatic N) is 1. The third-order valence-corrected chi connectivity index (χ3v) is 5.09. The van der Waals surface area contributed by atoms with E-state index in [9.17, 15) is 18.8 Å². The van der Waals surface area contributed by atoms with Crippen LogP contribution in [0.3, 0.4) is 0 Å². The summed E-state index contributed by atoms with van der Waals surface area (Å²) in [6, 6.07) is 18.0. The minimum atomic E-state index is -0.574. The number of halogens is 1. The number of carbonyl (C=O) groups is 3. The van der Waals surface area contributed by atoms with Gasteiger partial charge in [-0.1, -0.05) is 37.3 Å². The lowest BCUT2D eigenvalue weighted by molar-refractivity contribution is -0.126. The van der Waals surface area contributed by atoms with Crippen molar-refractivity contribution in [2.24, 2.45) is 5.10 Å². The first kappa shape index (κ1) is 26.9. The molecule has 0 atom stereocenters. The van der Waals surface area contributed by atoms with Gasteiger partial charge in [0.1, 0.15) is 12.2 Å². The molecule has 3 N–H and O–H groups in total. The van der Waals surface area contributed by atoms with Crippen molar-refractivity contribution in [2.45, 2.75) is 19.8 Å². The second-order valence-corrected chi connectivity index (χ2v) is 7.76. The number of nitrogens with one attached hydrogen (secondary N) is 3. The lowest BCUT2D eigenvalue weighted by Gasteiger charge is -2.11. The van der Waals surface area contributed by atoms with E-state index in [0.717, 1.165) is 12.0 Å². The van der Waals surface area contributed by atoms with E-state index in [1.54, 1.807) is 30.3 Å². The van der Waals surface area contributed by atoms with Gasteiger partial charge in [-0.05, 0) is 53.9 Å². The van der Waals surface area contributed by atoms with Crippen LogP contribution in [0.25, 0.3) is 0 Å². The minimum Gasteiger partial charge on any atom is -0.493 e. The highest BCUT2D eigenvalue weighted by molar-refractivity contribution is 6.04. The number of carbonyl (C=O) groups excluding carboxylic acids is 3. The maximum Gasteiger partial charge on any atom is 0.262 e. The second kappa shape index (κ2) is 13.4. The Hall–Kier alpha value is -4.73. The molecule has 0 heterocycles. The third kappa shape index (κ3) is 8.17. The van der Waals surface area contributed by atoms with Crippen LogP contribution in [-0.2, 0) is 20.8 Å². The number of methoxy groups -OCH3 is 1. The summed E-state index contributed by atoms with van der Waals surface area (Å²) in [6.07, 6.45) is 1.74. The highest BCUT2D eigenvalue weighted by atomic mass is 19.1. The lowest BCUT2D eigenvalue weighted by atomic mass is 10.1. The number of ether oxygens (including phenoxy) is 2. The van der Waals surface area contributed by atoms with E-state index in [1.165, 1.54) is 31.5 Å². The Morgan fingerprint density at radius 1 is 0.892 bits per heavy atom. The molecular weight excluding hydrogens is 479 g/mol. The van der Waals surface area contributed by atoms with Crippen LogP contribution < -0.4 is 25.5 Å². The molecule has 3 aromatic rings. The van der Waals surface area contributed by atoms with Gasteiger partial charge in [0.2, 0.25) is 11.8 Å². The zero-order valence-corrected chi connectivity index (χ0v) is 20.4. The van der Waals surface area contributed by atoms with E-state index in [2.05, 4.69) is 21.2 Å². The van der Waals surface area contributed by atoms with Crippen molar-refractivity contribution in [1.82, 2.24) is 5.43 Å². The molecule has 0 aliphatic rings. The Kier molecular flexibility index (Phi) is 9.72. The molecule has 10 heteroatoms. The molecule has 0 aromatic heterocycles. The number of anilines is 2. The second-order valence-electron chi connectivity index (χ2n) is 7.76. The van der Waals surface area contributed by atoms with Gasteiger partial charge in [0.25, 0.3) is 5.91 Å². The van der Waals surface area contributed by atoms with Crippen LogP contribution in [0.4, 0.5) is 15.8 Å². The molecule has 37 heavy (non-hydrogen) atoms. The highest BCUT2D eigenvalue weighted by Gasteiger charge is 2.12. The van der Waals surface area contributed by atoms with Gasteiger partial charge in [-0.15, -0.1) is 0 Å². The number of hydrogen-bond acceptors (Lipinski definition) is 6. The van der Waals surface area contributed by atoms with Crippen molar-refractivity contribution in [3.63, 3.8) is 0 Å².